The van der Waals surface area contributed by atoms with Crippen LogP contribution >= 0.6 is 0 Å². The first-order valence-electron chi connectivity index (χ1n) is 9.89. The SMILES string of the molecule is C=Cc1ccc(-c2ncc3c(B4CC(C)(C)C(C)(C)C4)cccc3c2F)cn1. The molecule has 0 amide bonds. The summed E-state index contributed by atoms with van der Waals surface area (Å²) >= 11 is 0. The summed E-state index contributed by atoms with van der Waals surface area (Å²) in [6.07, 6.45) is 7.37. The van der Waals surface area contributed by atoms with E-state index in [1.165, 1.54) is 5.46 Å². The summed E-state index contributed by atoms with van der Waals surface area (Å²) in [4.78, 5) is 8.78. The smallest absolute Gasteiger partial charge is 0.177 e. The standard InChI is InChI=1S/C24H26BFN2/c1-6-17-11-10-16(12-27-17)22-21(26)18-8-7-9-20(19(18)13-28-22)25-14-23(2,3)24(4,5)15-25/h6-13H,1,14-15H2,2-5H3. The van der Waals surface area contributed by atoms with Crippen molar-refractivity contribution in [3.05, 3.63) is 60.8 Å². The number of benzene rings is 1. The minimum Gasteiger partial charge on any atom is -0.256 e. The van der Waals surface area contributed by atoms with E-state index in [0.29, 0.717) is 23.4 Å². The van der Waals surface area contributed by atoms with Crippen molar-refractivity contribution in [1.29, 1.82) is 0 Å². The fourth-order valence-electron chi connectivity index (χ4n) is 4.53. The summed E-state index contributed by atoms with van der Waals surface area (Å²) in [5.74, 6) is -0.274. The average Bonchev–Trinajstić information content (AvgIpc) is 2.89. The third-order valence-corrected chi connectivity index (χ3v) is 6.96. The third-order valence-electron chi connectivity index (χ3n) is 6.96. The van der Waals surface area contributed by atoms with Gasteiger partial charge < -0.3 is 0 Å². The van der Waals surface area contributed by atoms with Gasteiger partial charge in [0.15, 0.2) is 12.5 Å². The van der Waals surface area contributed by atoms with Crippen LogP contribution in [0.15, 0.2) is 49.3 Å². The Morgan fingerprint density at radius 1 is 0.964 bits per heavy atom. The predicted octanol–water partition coefficient (Wildman–Crippen LogP) is 5.85. The Kier molecular flexibility index (Phi) is 4.41. The van der Waals surface area contributed by atoms with E-state index in [0.717, 1.165) is 23.7 Å². The summed E-state index contributed by atoms with van der Waals surface area (Å²) in [6, 6.07) is 9.64. The first kappa shape index (κ1) is 18.9. The highest BCUT2D eigenvalue weighted by atomic mass is 19.1. The molecule has 3 aromatic rings. The number of aromatic nitrogens is 2. The molecule has 0 unspecified atom stereocenters. The van der Waals surface area contributed by atoms with Crippen molar-refractivity contribution in [3.8, 4) is 11.3 Å². The molecule has 4 rings (SSSR count). The molecule has 1 aliphatic heterocycles. The molecule has 0 saturated carbocycles. The molecule has 2 aromatic heterocycles. The van der Waals surface area contributed by atoms with Crippen molar-refractivity contribution >= 4 is 29.0 Å². The molecule has 1 aromatic carbocycles. The van der Waals surface area contributed by atoms with Crippen LogP contribution in [0.1, 0.15) is 33.4 Å². The van der Waals surface area contributed by atoms with Crippen molar-refractivity contribution in [2.75, 3.05) is 0 Å². The number of rotatable bonds is 3. The zero-order chi connectivity index (χ0) is 20.1. The third kappa shape index (κ3) is 2.95. The summed E-state index contributed by atoms with van der Waals surface area (Å²) < 4.78 is 15.4. The van der Waals surface area contributed by atoms with Gasteiger partial charge in [0.25, 0.3) is 0 Å². The maximum atomic E-state index is 15.4. The van der Waals surface area contributed by atoms with E-state index in [4.69, 9.17) is 0 Å². The van der Waals surface area contributed by atoms with E-state index in [1.807, 2.05) is 30.5 Å². The molecule has 0 N–H and O–H groups in total. The minimum absolute atomic E-state index is 0.254. The molecule has 2 nitrogen and oxygen atoms in total. The second-order valence-corrected chi connectivity index (χ2v) is 9.28. The van der Waals surface area contributed by atoms with Gasteiger partial charge in [0.1, 0.15) is 5.69 Å². The molecule has 1 fully saturated rings. The van der Waals surface area contributed by atoms with Crippen LogP contribution in [0.25, 0.3) is 28.1 Å². The van der Waals surface area contributed by atoms with Crippen molar-refractivity contribution in [1.82, 2.24) is 9.97 Å². The summed E-state index contributed by atoms with van der Waals surface area (Å²) in [5, 5.41) is 1.57. The number of fused-ring (bicyclic) bond motifs is 1. The van der Waals surface area contributed by atoms with Crippen LogP contribution in [-0.4, -0.2) is 16.7 Å². The van der Waals surface area contributed by atoms with Crippen LogP contribution in [0.2, 0.25) is 12.6 Å². The maximum absolute atomic E-state index is 15.4. The van der Waals surface area contributed by atoms with Gasteiger partial charge in [0.2, 0.25) is 0 Å². The Labute approximate surface area is 167 Å². The van der Waals surface area contributed by atoms with Gasteiger partial charge in [-0.05, 0) is 34.4 Å². The van der Waals surface area contributed by atoms with Gasteiger partial charge in [0.05, 0.1) is 5.69 Å². The van der Waals surface area contributed by atoms with Gasteiger partial charge in [-0.2, -0.15) is 0 Å². The molecule has 1 aliphatic rings. The predicted molar refractivity (Wildman–Crippen MR) is 118 cm³/mol. The largest absolute Gasteiger partial charge is 0.256 e. The van der Waals surface area contributed by atoms with Crippen LogP contribution in [0, 0.1) is 16.6 Å². The van der Waals surface area contributed by atoms with Crippen LogP contribution in [0.4, 0.5) is 4.39 Å². The average molecular weight is 372 g/mol. The zero-order valence-corrected chi connectivity index (χ0v) is 17.1. The van der Waals surface area contributed by atoms with E-state index in [2.05, 4.69) is 50.3 Å². The lowest BCUT2D eigenvalue weighted by Gasteiger charge is -2.35. The molecule has 28 heavy (non-hydrogen) atoms. The van der Waals surface area contributed by atoms with Gasteiger partial charge in [-0.1, -0.05) is 70.6 Å². The summed E-state index contributed by atoms with van der Waals surface area (Å²) in [6.45, 7) is 13.5. The van der Waals surface area contributed by atoms with Crippen LogP contribution in [0.3, 0.4) is 0 Å². The van der Waals surface area contributed by atoms with Gasteiger partial charge in [0, 0.05) is 23.3 Å². The second-order valence-electron chi connectivity index (χ2n) is 9.28. The minimum atomic E-state index is -0.274. The van der Waals surface area contributed by atoms with Gasteiger partial charge in [-0.15, -0.1) is 0 Å². The Balaban J connectivity index is 1.80. The zero-order valence-electron chi connectivity index (χ0n) is 17.1. The molecule has 0 atom stereocenters. The first-order chi connectivity index (χ1) is 13.2. The van der Waals surface area contributed by atoms with Gasteiger partial charge >= 0.3 is 0 Å². The highest BCUT2D eigenvalue weighted by molar-refractivity contribution is 6.76. The Bertz CT molecular complexity index is 1040. The van der Waals surface area contributed by atoms with E-state index in [-0.39, 0.29) is 16.6 Å². The molecular weight excluding hydrogens is 346 g/mol. The normalized spacial score (nSPS) is 17.8. The van der Waals surface area contributed by atoms with E-state index in [1.54, 1.807) is 12.3 Å². The maximum Gasteiger partial charge on any atom is 0.177 e. The molecular formula is C24H26BFN2. The van der Waals surface area contributed by atoms with Crippen LogP contribution < -0.4 is 5.46 Å². The molecule has 0 aliphatic carbocycles. The number of hydrogen-bond acceptors (Lipinski definition) is 2. The van der Waals surface area contributed by atoms with Gasteiger partial charge in [-0.3, -0.25) is 9.97 Å². The fraction of sp³-hybridized carbons (Fsp3) is 0.333. The molecule has 0 spiro atoms. The quantitative estimate of drug-likeness (QED) is 0.539. The monoisotopic (exact) mass is 372 g/mol. The topological polar surface area (TPSA) is 25.8 Å². The van der Waals surface area contributed by atoms with Crippen molar-refractivity contribution in [3.63, 3.8) is 0 Å². The molecule has 142 valence electrons. The molecule has 0 bridgehead atoms. The number of pyridine rings is 2. The molecule has 1 saturated heterocycles. The lowest BCUT2D eigenvalue weighted by molar-refractivity contribution is 0.177. The highest BCUT2D eigenvalue weighted by Gasteiger charge is 2.48. The van der Waals surface area contributed by atoms with Crippen molar-refractivity contribution in [2.45, 2.75) is 40.3 Å². The van der Waals surface area contributed by atoms with E-state index < -0.39 is 0 Å². The molecule has 0 radical (unpaired) electrons. The highest BCUT2D eigenvalue weighted by Crippen LogP contribution is 2.52. The van der Waals surface area contributed by atoms with Crippen LogP contribution in [0.5, 0.6) is 0 Å². The van der Waals surface area contributed by atoms with Gasteiger partial charge in [-0.25, -0.2) is 4.39 Å². The second kappa shape index (κ2) is 6.54. The lowest BCUT2D eigenvalue weighted by atomic mass is 9.41. The van der Waals surface area contributed by atoms with Crippen molar-refractivity contribution < 1.29 is 4.39 Å². The van der Waals surface area contributed by atoms with Crippen LogP contribution in [-0.2, 0) is 0 Å². The Hall–Kier alpha value is -2.49. The molecule has 4 heteroatoms. The fourth-order valence-corrected chi connectivity index (χ4v) is 4.53. The van der Waals surface area contributed by atoms with E-state index in [9.17, 15) is 0 Å². The van der Waals surface area contributed by atoms with Crippen molar-refractivity contribution in [2.24, 2.45) is 10.8 Å². The summed E-state index contributed by atoms with van der Waals surface area (Å²) in [7, 11) is 0. The van der Waals surface area contributed by atoms with E-state index >= 15 is 4.39 Å². The molecule has 3 heterocycles. The lowest BCUT2D eigenvalue weighted by Crippen LogP contribution is -2.28. The number of hydrogen-bond donors (Lipinski definition) is 0. The Morgan fingerprint density at radius 2 is 1.68 bits per heavy atom. The Morgan fingerprint density at radius 3 is 2.29 bits per heavy atom. The number of nitrogens with zero attached hydrogens (tertiary/aromatic N) is 2. The first-order valence-corrected chi connectivity index (χ1v) is 9.89. The number of halogens is 1. The summed E-state index contributed by atoms with van der Waals surface area (Å²) in [5.41, 5.74) is 3.51.